The fraction of sp³-hybridized carbons (Fsp3) is 0.400. The summed E-state index contributed by atoms with van der Waals surface area (Å²) in [5.41, 5.74) is 0.0719. The molecular weight excluding hydrogens is 216 g/mol. The highest BCUT2D eigenvalue weighted by atomic mass is 16.5. The molecule has 6 nitrogen and oxygen atoms in total. The lowest BCUT2D eigenvalue weighted by atomic mass is 10.2. The first kappa shape index (κ1) is 14.3. The van der Waals surface area contributed by atoms with Gasteiger partial charge < -0.3 is 20.1 Å². The molecule has 0 saturated heterocycles. The Labute approximate surface area is 92.5 Å². The van der Waals surface area contributed by atoms with Gasteiger partial charge in [0, 0.05) is 11.6 Å². The maximum absolute atomic E-state index is 11.1. The zero-order chi connectivity index (χ0) is 12.6. The second kappa shape index (κ2) is 7.61. The lowest BCUT2D eigenvalue weighted by molar-refractivity contribution is -0.142. The van der Waals surface area contributed by atoms with Crippen LogP contribution in [0, 0.1) is 0 Å². The molecule has 0 saturated carbocycles. The van der Waals surface area contributed by atoms with Crippen molar-refractivity contribution in [3.8, 4) is 0 Å². The van der Waals surface area contributed by atoms with Crippen LogP contribution in [0.3, 0.4) is 0 Å². The Kier molecular flexibility index (Phi) is 6.82. The van der Waals surface area contributed by atoms with E-state index in [1.807, 2.05) is 0 Å². The molecule has 3 N–H and O–H groups in total. The van der Waals surface area contributed by atoms with E-state index in [1.54, 1.807) is 0 Å². The number of carboxylic acids is 1. The van der Waals surface area contributed by atoms with Gasteiger partial charge in [0.1, 0.15) is 12.7 Å². The molecule has 0 aromatic rings. The van der Waals surface area contributed by atoms with Crippen LogP contribution in [0.2, 0.25) is 0 Å². The van der Waals surface area contributed by atoms with Gasteiger partial charge >= 0.3 is 11.9 Å². The number of aliphatic hydroxyl groups is 2. The van der Waals surface area contributed by atoms with Gasteiger partial charge in [0.05, 0.1) is 6.61 Å². The summed E-state index contributed by atoms with van der Waals surface area (Å²) in [6.45, 7) is 2.57. The van der Waals surface area contributed by atoms with Crippen LogP contribution in [0.5, 0.6) is 0 Å². The molecule has 0 fully saturated rings. The molecule has 1 unspecified atom stereocenters. The molecule has 0 aromatic carbocycles. The SMILES string of the molecule is C=C(CC=CC(=O)O)C(=O)OCC(O)CO. The first-order chi connectivity index (χ1) is 7.47. The number of hydrogen-bond acceptors (Lipinski definition) is 5. The van der Waals surface area contributed by atoms with E-state index >= 15 is 0 Å². The Bertz CT molecular complexity index is 294. The number of rotatable bonds is 7. The Morgan fingerprint density at radius 1 is 1.44 bits per heavy atom. The predicted octanol–water partition coefficient (Wildman–Crippen LogP) is -0.530. The molecule has 0 radical (unpaired) electrons. The van der Waals surface area contributed by atoms with E-state index in [2.05, 4.69) is 11.3 Å². The van der Waals surface area contributed by atoms with E-state index in [4.69, 9.17) is 15.3 Å². The van der Waals surface area contributed by atoms with E-state index in [0.717, 1.165) is 6.08 Å². The topological polar surface area (TPSA) is 104 Å². The summed E-state index contributed by atoms with van der Waals surface area (Å²) in [6, 6.07) is 0. The van der Waals surface area contributed by atoms with E-state index < -0.39 is 24.6 Å². The zero-order valence-electron chi connectivity index (χ0n) is 8.63. The van der Waals surface area contributed by atoms with Gasteiger partial charge in [0.15, 0.2) is 0 Å². The lowest BCUT2D eigenvalue weighted by Crippen LogP contribution is -2.22. The van der Waals surface area contributed by atoms with Gasteiger partial charge in [0.2, 0.25) is 0 Å². The van der Waals surface area contributed by atoms with Crippen molar-refractivity contribution in [2.45, 2.75) is 12.5 Å². The Balaban J connectivity index is 3.91. The number of carbonyl (C=O) groups is 2. The monoisotopic (exact) mass is 230 g/mol. The van der Waals surface area contributed by atoms with E-state index in [0.29, 0.717) is 0 Å². The van der Waals surface area contributed by atoms with Crippen molar-refractivity contribution in [3.63, 3.8) is 0 Å². The second-order valence-corrected chi connectivity index (χ2v) is 2.98. The van der Waals surface area contributed by atoms with Crippen molar-refractivity contribution in [1.29, 1.82) is 0 Å². The van der Waals surface area contributed by atoms with Crippen LogP contribution in [0.15, 0.2) is 24.3 Å². The third-order valence-electron chi connectivity index (χ3n) is 1.53. The normalized spacial score (nSPS) is 12.4. The minimum Gasteiger partial charge on any atom is -0.478 e. The molecule has 1 atom stereocenters. The quantitative estimate of drug-likeness (QED) is 0.401. The number of aliphatic carboxylic acids is 1. The zero-order valence-corrected chi connectivity index (χ0v) is 8.63. The van der Waals surface area contributed by atoms with Crippen LogP contribution >= 0.6 is 0 Å². The number of allylic oxidation sites excluding steroid dienone is 1. The highest BCUT2D eigenvalue weighted by Gasteiger charge is 2.10. The van der Waals surface area contributed by atoms with Gasteiger partial charge in [0.25, 0.3) is 0 Å². The average Bonchev–Trinajstić information content (AvgIpc) is 2.24. The number of ether oxygens (including phenoxy) is 1. The number of esters is 1. The average molecular weight is 230 g/mol. The van der Waals surface area contributed by atoms with Gasteiger partial charge in [-0.05, 0) is 6.42 Å². The van der Waals surface area contributed by atoms with Crippen molar-refractivity contribution in [3.05, 3.63) is 24.3 Å². The molecule has 0 rings (SSSR count). The summed E-state index contributed by atoms with van der Waals surface area (Å²) in [5, 5.41) is 25.6. The first-order valence-electron chi connectivity index (χ1n) is 4.50. The van der Waals surface area contributed by atoms with Crippen molar-refractivity contribution >= 4 is 11.9 Å². The smallest absolute Gasteiger partial charge is 0.333 e. The van der Waals surface area contributed by atoms with E-state index in [-0.39, 0.29) is 18.6 Å². The molecule has 0 aliphatic carbocycles. The Morgan fingerprint density at radius 3 is 2.56 bits per heavy atom. The molecule has 0 aromatic heterocycles. The van der Waals surface area contributed by atoms with Gasteiger partial charge in [-0.1, -0.05) is 12.7 Å². The van der Waals surface area contributed by atoms with Crippen molar-refractivity contribution < 1.29 is 29.6 Å². The minimum absolute atomic E-state index is 0.0559. The maximum Gasteiger partial charge on any atom is 0.333 e. The highest BCUT2D eigenvalue weighted by molar-refractivity contribution is 5.88. The van der Waals surface area contributed by atoms with E-state index in [1.165, 1.54) is 6.08 Å². The molecule has 0 bridgehead atoms. The highest BCUT2D eigenvalue weighted by Crippen LogP contribution is 2.02. The Morgan fingerprint density at radius 2 is 2.06 bits per heavy atom. The molecule has 0 spiro atoms. The Hall–Kier alpha value is -1.66. The molecule has 6 heteroatoms. The van der Waals surface area contributed by atoms with Crippen molar-refractivity contribution in [2.75, 3.05) is 13.2 Å². The first-order valence-corrected chi connectivity index (χ1v) is 4.50. The van der Waals surface area contributed by atoms with Gasteiger partial charge in [-0.2, -0.15) is 0 Å². The molecular formula is C10H14O6. The lowest BCUT2D eigenvalue weighted by Gasteiger charge is -2.08. The van der Waals surface area contributed by atoms with Crippen LogP contribution in [0.4, 0.5) is 0 Å². The van der Waals surface area contributed by atoms with Crippen molar-refractivity contribution in [2.24, 2.45) is 0 Å². The molecule has 90 valence electrons. The van der Waals surface area contributed by atoms with Crippen LogP contribution in [-0.4, -0.2) is 46.6 Å². The molecule has 0 amide bonds. The van der Waals surface area contributed by atoms with Crippen LogP contribution in [0.1, 0.15) is 6.42 Å². The predicted molar refractivity (Wildman–Crippen MR) is 54.6 cm³/mol. The molecule has 0 aliphatic heterocycles. The largest absolute Gasteiger partial charge is 0.478 e. The minimum atomic E-state index is -1.12. The standard InChI is InChI=1S/C10H14O6/c1-7(3-2-4-9(13)14)10(15)16-6-8(12)5-11/h2,4,8,11-12H,1,3,5-6H2,(H,13,14). The van der Waals surface area contributed by atoms with Crippen LogP contribution in [-0.2, 0) is 14.3 Å². The number of carbonyl (C=O) groups excluding carboxylic acids is 1. The molecule has 0 heterocycles. The van der Waals surface area contributed by atoms with Crippen molar-refractivity contribution in [1.82, 2.24) is 0 Å². The summed E-state index contributed by atoms with van der Waals surface area (Å²) >= 11 is 0. The second-order valence-electron chi connectivity index (χ2n) is 2.98. The summed E-state index contributed by atoms with van der Waals surface area (Å²) in [4.78, 5) is 21.3. The fourth-order valence-corrected chi connectivity index (χ4v) is 0.712. The van der Waals surface area contributed by atoms with Gasteiger partial charge in [-0.15, -0.1) is 0 Å². The number of hydrogen-bond donors (Lipinski definition) is 3. The number of carboxylic acid groups (broad SMARTS) is 1. The number of aliphatic hydroxyl groups excluding tert-OH is 2. The maximum atomic E-state index is 11.1. The summed E-state index contributed by atoms with van der Waals surface area (Å²) in [6.07, 6.45) is 1.08. The summed E-state index contributed by atoms with van der Waals surface area (Å²) in [5.74, 6) is -1.85. The fourth-order valence-electron chi connectivity index (χ4n) is 0.712. The van der Waals surface area contributed by atoms with E-state index in [9.17, 15) is 9.59 Å². The van der Waals surface area contributed by atoms with Gasteiger partial charge in [-0.3, -0.25) is 0 Å². The molecule has 16 heavy (non-hydrogen) atoms. The van der Waals surface area contributed by atoms with Crippen LogP contribution < -0.4 is 0 Å². The third kappa shape index (κ3) is 6.74. The van der Waals surface area contributed by atoms with Crippen LogP contribution in [0.25, 0.3) is 0 Å². The third-order valence-corrected chi connectivity index (χ3v) is 1.53. The molecule has 0 aliphatic rings. The van der Waals surface area contributed by atoms with Gasteiger partial charge in [-0.25, -0.2) is 9.59 Å². The summed E-state index contributed by atoms with van der Waals surface area (Å²) < 4.78 is 4.58. The summed E-state index contributed by atoms with van der Waals surface area (Å²) in [7, 11) is 0.